The van der Waals surface area contributed by atoms with Crippen molar-refractivity contribution in [2.75, 3.05) is 0 Å². The summed E-state index contributed by atoms with van der Waals surface area (Å²) in [5, 5.41) is 1.09. The molecule has 0 amide bonds. The molecule has 0 saturated carbocycles. The first kappa shape index (κ1) is 13.6. The van der Waals surface area contributed by atoms with E-state index in [1.807, 2.05) is 36.7 Å². The summed E-state index contributed by atoms with van der Waals surface area (Å²) in [6.45, 7) is 2.09. The fraction of sp³-hybridized carbons (Fsp3) is 0.235. The van der Waals surface area contributed by atoms with Crippen LogP contribution >= 0.6 is 0 Å². The lowest BCUT2D eigenvalue weighted by Gasteiger charge is -2.08. The summed E-state index contributed by atoms with van der Waals surface area (Å²) < 4.78 is 0. The summed E-state index contributed by atoms with van der Waals surface area (Å²) in [6.07, 6.45) is 7.30. The molecule has 21 heavy (non-hydrogen) atoms. The standard InChI is InChI=1S/C17H18N4/c1-2-15(18)8-12-10-20-17(21-11-12)14-5-6-16-13(9-14)4-3-7-19-16/h3-7,9-11,15H,2,8,18H2,1H3. The highest BCUT2D eigenvalue weighted by molar-refractivity contribution is 5.82. The summed E-state index contributed by atoms with van der Waals surface area (Å²) in [5.41, 5.74) is 9.01. The molecule has 2 heterocycles. The number of nitrogens with two attached hydrogens (primary N) is 1. The van der Waals surface area contributed by atoms with Crippen molar-refractivity contribution in [2.45, 2.75) is 25.8 Å². The Balaban J connectivity index is 1.88. The third-order valence-electron chi connectivity index (χ3n) is 3.59. The maximum atomic E-state index is 5.95. The highest BCUT2D eigenvalue weighted by Gasteiger charge is 2.05. The second-order valence-corrected chi connectivity index (χ2v) is 5.20. The quantitative estimate of drug-likeness (QED) is 0.797. The minimum atomic E-state index is 0.172. The Morgan fingerprint density at radius 1 is 1.10 bits per heavy atom. The van der Waals surface area contributed by atoms with Gasteiger partial charge in [-0.15, -0.1) is 0 Å². The van der Waals surface area contributed by atoms with Crippen LogP contribution in [0.15, 0.2) is 48.9 Å². The number of hydrogen-bond acceptors (Lipinski definition) is 4. The van der Waals surface area contributed by atoms with Crippen LogP contribution in [0.2, 0.25) is 0 Å². The molecule has 1 unspecified atom stereocenters. The van der Waals surface area contributed by atoms with Gasteiger partial charge in [-0.05, 0) is 42.7 Å². The Hall–Kier alpha value is -2.33. The first-order chi connectivity index (χ1) is 10.3. The molecule has 0 saturated heterocycles. The van der Waals surface area contributed by atoms with E-state index in [4.69, 9.17) is 5.73 Å². The fourth-order valence-corrected chi connectivity index (χ4v) is 2.27. The molecule has 3 rings (SSSR count). The molecule has 4 heteroatoms. The van der Waals surface area contributed by atoms with E-state index >= 15 is 0 Å². The van der Waals surface area contributed by atoms with Gasteiger partial charge in [0.25, 0.3) is 0 Å². The number of rotatable bonds is 4. The molecule has 1 aromatic carbocycles. The van der Waals surface area contributed by atoms with Gasteiger partial charge in [0.05, 0.1) is 5.52 Å². The number of fused-ring (bicyclic) bond motifs is 1. The number of pyridine rings is 1. The van der Waals surface area contributed by atoms with Gasteiger partial charge < -0.3 is 5.73 Å². The highest BCUT2D eigenvalue weighted by Crippen LogP contribution is 2.20. The zero-order chi connectivity index (χ0) is 14.7. The van der Waals surface area contributed by atoms with E-state index in [0.717, 1.165) is 40.7 Å². The van der Waals surface area contributed by atoms with Crippen LogP contribution in [0.25, 0.3) is 22.3 Å². The van der Waals surface area contributed by atoms with Gasteiger partial charge in [0.1, 0.15) is 0 Å². The first-order valence-corrected chi connectivity index (χ1v) is 7.18. The van der Waals surface area contributed by atoms with Crippen LogP contribution in [-0.4, -0.2) is 21.0 Å². The third kappa shape index (κ3) is 3.06. The SMILES string of the molecule is CCC(N)Cc1cnc(-c2ccc3ncccc3c2)nc1. The van der Waals surface area contributed by atoms with E-state index in [-0.39, 0.29) is 6.04 Å². The smallest absolute Gasteiger partial charge is 0.159 e. The van der Waals surface area contributed by atoms with Crippen LogP contribution in [-0.2, 0) is 6.42 Å². The van der Waals surface area contributed by atoms with Crippen LogP contribution in [0.1, 0.15) is 18.9 Å². The lowest BCUT2D eigenvalue weighted by Crippen LogP contribution is -2.21. The summed E-state index contributed by atoms with van der Waals surface area (Å²) in [5.74, 6) is 0.731. The lowest BCUT2D eigenvalue weighted by molar-refractivity contribution is 0.643. The van der Waals surface area contributed by atoms with Crippen molar-refractivity contribution < 1.29 is 0 Å². The van der Waals surface area contributed by atoms with Gasteiger partial charge in [0, 0.05) is 35.6 Å². The Bertz CT molecular complexity index is 737. The van der Waals surface area contributed by atoms with Gasteiger partial charge in [-0.2, -0.15) is 0 Å². The van der Waals surface area contributed by atoms with Gasteiger partial charge in [0.15, 0.2) is 5.82 Å². The second-order valence-electron chi connectivity index (χ2n) is 5.20. The van der Waals surface area contributed by atoms with E-state index in [0.29, 0.717) is 0 Å². The second kappa shape index (κ2) is 5.97. The lowest BCUT2D eigenvalue weighted by atomic mass is 10.1. The van der Waals surface area contributed by atoms with Crippen molar-refractivity contribution in [3.05, 3.63) is 54.5 Å². The van der Waals surface area contributed by atoms with Crippen LogP contribution in [0.4, 0.5) is 0 Å². The Morgan fingerprint density at radius 2 is 1.90 bits per heavy atom. The van der Waals surface area contributed by atoms with E-state index in [2.05, 4.69) is 27.9 Å². The zero-order valence-corrected chi connectivity index (χ0v) is 12.0. The Labute approximate surface area is 124 Å². The molecule has 106 valence electrons. The minimum Gasteiger partial charge on any atom is -0.327 e. The molecular formula is C17H18N4. The molecule has 0 spiro atoms. The van der Waals surface area contributed by atoms with Gasteiger partial charge in [-0.3, -0.25) is 4.98 Å². The molecule has 0 bridgehead atoms. The molecular weight excluding hydrogens is 260 g/mol. The molecule has 0 radical (unpaired) electrons. The molecule has 0 aliphatic carbocycles. The number of nitrogens with zero attached hydrogens (tertiary/aromatic N) is 3. The average molecular weight is 278 g/mol. The van der Waals surface area contributed by atoms with Crippen molar-refractivity contribution in [1.82, 2.24) is 15.0 Å². The predicted molar refractivity (Wildman–Crippen MR) is 84.7 cm³/mol. The zero-order valence-electron chi connectivity index (χ0n) is 12.0. The molecule has 3 aromatic rings. The normalized spacial score (nSPS) is 12.5. The largest absolute Gasteiger partial charge is 0.327 e. The minimum absolute atomic E-state index is 0.172. The van der Waals surface area contributed by atoms with Gasteiger partial charge in [-0.25, -0.2) is 9.97 Å². The number of aromatic nitrogens is 3. The summed E-state index contributed by atoms with van der Waals surface area (Å²) in [6, 6.07) is 10.2. The van der Waals surface area contributed by atoms with Crippen molar-refractivity contribution in [1.29, 1.82) is 0 Å². The average Bonchev–Trinajstić information content (AvgIpc) is 2.55. The van der Waals surface area contributed by atoms with Crippen molar-refractivity contribution in [3.8, 4) is 11.4 Å². The topological polar surface area (TPSA) is 64.7 Å². The summed E-state index contributed by atoms with van der Waals surface area (Å²) in [7, 11) is 0. The molecule has 0 aliphatic heterocycles. The molecule has 0 aliphatic rings. The van der Waals surface area contributed by atoms with Gasteiger partial charge in [0.2, 0.25) is 0 Å². The Kier molecular flexibility index (Phi) is 3.88. The van der Waals surface area contributed by atoms with Crippen molar-refractivity contribution in [3.63, 3.8) is 0 Å². The van der Waals surface area contributed by atoms with Crippen molar-refractivity contribution in [2.24, 2.45) is 5.73 Å². The van der Waals surface area contributed by atoms with Crippen LogP contribution in [0.3, 0.4) is 0 Å². The maximum absolute atomic E-state index is 5.95. The summed E-state index contributed by atoms with van der Waals surface area (Å²) >= 11 is 0. The molecule has 4 nitrogen and oxygen atoms in total. The number of benzene rings is 1. The van der Waals surface area contributed by atoms with E-state index in [9.17, 15) is 0 Å². The summed E-state index contributed by atoms with van der Waals surface area (Å²) in [4.78, 5) is 13.2. The third-order valence-corrected chi connectivity index (χ3v) is 3.59. The highest BCUT2D eigenvalue weighted by atomic mass is 14.9. The molecule has 1 atom stereocenters. The fourth-order valence-electron chi connectivity index (χ4n) is 2.27. The predicted octanol–water partition coefficient (Wildman–Crippen LogP) is 2.97. The van der Waals surface area contributed by atoms with E-state index in [1.54, 1.807) is 6.20 Å². The van der Waals surface area contributed by atoms with Gasteiger partial charge >= 0.3 is 0 Å². The Morgan fingerprint density at radius 3 is 2.67 bits per heavy atom. The van der Waals surface area contributed by atoms with Crippen molar-refractivity contribution >= 4 is 10.9 Å². The van der Waals surface area contributed by atoms with E-state index < -0.39 is 0 Å². The first-order valence-electron chi connectivity index (χ1n) is 7.18. The van der Waals surface area contributed by atoms with Crippen LogP contribution < -0.4 is 5.73 Å². The molecule has 2 N–H and O–H groups in total. The number of hydrogen-bond donors (Lipinski definition) is 1. The van der Waals surface area contributed by atoms with Gasteiger partial charge in [-0.1, -0.05) is 13.0 Å². The maximum Gasteiger partial charge on any atom is 0.159 e. The van der Waals surface area contributed by atoms with Crippen LogP contribution in [0.5, 0.6) is 0 Å². The molecule has 0 fully saturated rings. The monoisotopic (exact) mass is 278 g/mol. The van der Waals surface area contributed by atoms with E-state index in [1.165, 1.54) is 0 Å². The van der Waals surface area contributed by atoms with Crippen LogP contribution in [0, 0.1) is 0 Å². The molecule has 2 aromatic heterocycles.